The lowest BCUT2D eigenvalue weighted by molar-refractivity contribution is -0.138. The van der Waals surface area contributed by atoms with E-state index in [1.54, 1.807) is 0 Å². The quantitative estimate of drug-likeness (QED) is 0.631. The summed E-state index contributed by atoms with van der Waals surface area (Å²) >= 11 is 0. The molecule has 5 fully saturated rings. The maximum atomic E-state index is 12.4. The van der Waals surface area contributed by atoms with Crippen LogP contribution < -0.4 is 0 Å². The first-order chi connectivity index (χ1) is 10.0. The van der Waals surface area contributed by atoms with Gasteiger partial charge in [0.25, 0.3) is 0 Å². The second-order valence-electron chi connectivity index (χ2n) is 9.16. The van der Waals surface area contributed by atoms with E-state index in [0.717, 1.165) is 30.6 Å². The second-order valence-corrected chi connectivity index (χ2v) is 9.16. The van der Waals surface area contributed by atoms with Crippen molar-refractivity contribution in [1.82, 2.24) is 0 Å². The van der Waals surface area contributed by atoms with Crippen molar-refractivity contribution >= 4 is 5.78 Å². The molecule has 1 unspecified atom stereocenters. The van der Waals surface area contributed by atoms with Gasteiger partial charge in [0.1, 0.15) is 5.78 Å². The van der Waals surface area contributed by atoms with Gasteiger partial charge in [0.15, 0.2) is 0 Å². The van der Waals surface area contributed by atoms with E-state index in [1.165, 1.54) is 38.5 Å². The third kappa shape index (κ3) is 1.51. The molecule has 0 N–H and O–H groups in total. The van der Waals surface area contributed by atoms with Crippen LogP contribution in [0.15, 0.2) is 0 Å². The molecule has 116 valence electrons. The van der Waals surface area contributed by atoms with Gasteiger partial charge >= 0.3 is 0 Å². The summed E-state index contributed by atoms with van der Waals surface area (Å²) in [6.07, 6.45) is 11.1. The molecule has 4 saturated carbocycles. The van der Waals surface area contributed by atoms with Crippen LogP contribution in [0, 0.1) is 34.5 Å². The number of hydrogen-bond donors (Lipinski definition) is 0. The van der Waals surface area contributed by atoms with Crippen LogP contribution in [-0.4, -0.2) is 18.0 Å². The molecule has 2 heteroatoms. The minimum Gasteiger partial charge on any atom is -0.369 e. The lowest BCUT2D eigenvalue weighted by Crippen LogP contribution is -2.54. The molecule has 0 aromatic carbocycles. The van der Waals surface area contributed by atoms with Gasteiger partial charge in [-0.2, -0.15) is 0 Å². The average Bonchev–Trinajstić information content (AvgIpc) is 3.18. The molecule has 21 heavy (non-hydrogen) atoms. The Labute approximate surface area is 128 Å². The molecule has 0 radical (unpaired) electrons. The third-order valence-corrected chi connectivity index (χ3v) is 8.64. The Morgan fingerprint density at radius 3 is 2.67 bits per heavy atom. The van der Waals surface area contributed by atoms with Crippen molar-refractivity contribution in [2.45, 2.75) is 77.4 Å². The molecule has 0 aromatic rings. The maximum Gasteiger partial charge on any atom is 0.139 e. The highest BCUT2D eigenvalue weighted by atomic mass is 16.6. The Morgan fingerprint density at radius 2 is 1.81 bits per heavy atom. The molecule has 5 rings (SSSR count). The Hall–Kier alpha value is -0.370. The monoisotopic (exact) mass is 288 g/mol. The zero-order chi connectivity index (χ0) is 14.4. The molecular weight excluding hydrogens is 260 g/mol. The summed E-state index contributed by atoms with van der Waals surface area (Å²) in [7, 11) is 0. The van der Waals surface area contributed by atoms with Crippen molar-refractivity contribution in [3.8, 4) is 0 Å². The summed E-state index contributed by atoms with van der Waals surface area (Å²) in [6, 6.07) is 0. The Kier molecular flexibility index (Phi) is 2.45. The van der Waals surface area contributed by atoms with E-state index in [1.807, 2.05) is 0 Å². The van der Waals surface area contributed by atoms with E-state index in [-0.39, 0.29) is 5.41 Å². The van der Waals surface area contributed by atoms with Crippen LogP contribution in [0.4, 0.5) is 0 Å². The van der Waals surface area contributed by atoms with Gasteiger partial charge in [0, 0.05) is 11.8 Å². The van der Waals surface area contributed by atoms with Crippen LogP contribution in [0.5, 0.6) is 0 Å². The number of rotatable bonds is 0. The fourth-order valence-electron chi connectivity index (χ4n) is 7.36. The Morgan fingerprint density at radius 1 is 0.952 bits per heavy atom. The molecule has 0 aromatic heterocycles. The van der Waals surface area contributed by atoms with Crippen molar-refractivity contribution in [3.63, 3.8) is 0 Å². The molecule has 5 aliphatic rings. The highest BCUT2D eigenvalue weighted by Crippen LogP contribution is 2.67. The minimum absolute atomic E-state index is 0.0393. The van der Waals surface area contributed by atoms with E-state index in [2.05, 4.69) is 13.8 Å². The van der Waals surface area contributed by atoms with Crippen LogP contribution in [0.25, 0.3) is 0 Å². The van der Waals surface area contributed by atoms with Crippen molar-refractivity contribution in [3.05, 3.63) is 0 Å². The van der Waals surface area contributed by atoms with Crippen LogP contribution in [-0.2, 0) is 9.53 Å². The van der Waals surface area contributed by atoms with Crippen LogP contribution >= 0.6 is 0 Å². The molecular formula is C19H28O2. The fraction of sp³-hybridized carbons (Fsp3) is 0.947. The van der Waals surface area contributed by atoms with Crippen molar-refractivity contribution in [2.24, 2.45) is 34.5 Å². The van der Waals surface area contributed by atoms with Gasteiger partial charge in [-0.1, -0.05) is 13.8 Å². The Bertz CT molecular complexity index is 500. The number of epoxide rings is 1. The molecule has 1 aliphatic heterocycles. The highest BCUT2D eigenvalue weighted by molar-refractivity contribution is 5.87. The molecule has 4 aliphatic carbocycles. The lowest BCUT2D eigenvalue weighted by atomic mass is 9.45. The third-order valence-electron chi connectivity index (χ3n) is 8.64. The lowest BCUT2D eigenvalue weighted by Gasteiger charge is -2.58. The molecule has 0 amide bonds. The van der Waals surface area contributed by atoms with Crippen molar-refractivity contribution in [1.29, 1.82) is 0 Å². The fourth-order valence-corrected chi connectivity index (χ4v) is 7.36. The number of carbonyl (C=O) groups excluding carboxylic acids is 1. The molecule has 1 saturated heterocycles. The van der Waals surface area contributed by atoms with Gasteiger partial charge in [-0.3, -0.25) is 4.79 Å². The number of fused-ring (bicyclic) bond motifs is 7. The first-order valence-electron chi connectivity index (χ1n) is 9.23. The van der Waals surface area contributed by atoms with Gasteiger partial charge in [-0.05, 0) is 74.0 Å². The summed E-state index contributed by atoms with van der Waals surface area (Å²) in [5, 5.41) is 0. The number of ketones is 1. The predicted molar refractivity (Wildman–Crippen MR) is 80.8 cm³/mol. The van der Waals surface area contributed by atoms with Crippen LogP contribution in [0.1, 0.15) is 65.2 Å². The summed E-state index contributed by atoms with van der Waals surface area (Å²) in [6.45, 7) is 4.87. The van der Waals surface area contributed by atoms with E-state index >= 15 is 0 Å². The van der Waals surface area contributed by atoms with Crippen molar-refractivity contribution in [2.75, 3.05) is 0 Å². The Balaban J connectivity index is 1.49. The van der Waals surface area contributed by atoms with Crippen LogP contribution in [0.3, 0.4) is 0 Å². The van der Waals surface area contributed by atoms with Gasteiger partial charge in [0.2, 0.25) is 0 Å². The number of carbonyl (C=O) groups is 1. The smallest absolute Gasteiger partial charge is 0.139 e. The first kappa shape index (κ1) is 13.1. The number of hydrogen-bond acceptors (Lipinski definition) is 2. The van der Waals surface area contributed by atoms with E-state index in [9.17, 15) is 4.79 Å². The van der Waals surface area contributed by atoms with E-state index in [4.69, 9.17) is 4.74 Å². The van der Waals surface area contributed by atoms with E-state index in [0.29, 0.717) is 29.3 Å². The summed E-state index contributed by atoms with van der Waals surface area (Å²) in [5.74, 6) is 3.78. The first-order valence-corrected chi connectivity index (χ1v) is 9.23. The molecule has 1 heterocycles. The summed E-state index contributed by atoms with van der Waals surface area (Å²) in [4.78, 5) is 12.4. The number of Topliss-reactive ketones (excluding diaryl/α,β-unsaturated/α-hetero) is 1. The second kappa shape index (κ2) is 3.93. The topological polar surface area (TPSA) is 29.6 Å². The van der Waals surface area contributed by atoms with Gasteiger partial charge in [-0.15, -0.1) is 0 Å². The van der Waals surface area contributed by atoms with Gasteiger partial charge < -0.3 is 4.74 Å². The zero-order valence-corrected chi connectivity index (χ0v) is 13.4. The minimum atomic E-state index is 0.0393. The molecule has 8 atom stereocenters. The standard InChI is InChI=1S/C19H28O2/c1-18-10-8-15-17(21-15)14(18)4-3-11-12-5-6-16(20)19(12,2)9-7-13(11)18/h11-15,17H,3-10H2,1-2H3/t11?,12-,13-,14-,15+,17-,18+,19-/m0/s1. The average molecular weight is 288 g/mol. The summed E-state index contributed by atoms with van der Waals surface area (Å²) < 4.78 is 5.96. The normalized spacial score (nSPS) is 61.5. The van der Waals surface area contributed by atoms with Crippen molar-refractivity contribution < 1.29 is 9.53 Å². The maximum absolute atomic E-state index is 12.4. The predicted octanol–water partition coefficient (Wildman–Crippen LogP) is 3.98. The molecule has 2 nitrogen and oxygen atoms in total. The molecule has 0 bridgehead atoms. The molecule has 0 spiro atoms. The summed E-state index contributed by atoms with van der Waals surface area (Å²) in [5.41, 5.74) is 0.547. The largest absolute Gasteiger partial charge is 0.369 e. The SMILES string of the molecule is C[C@]12CC[C@H]3O[C@H]3[C@@H]1CCC1[C@@H]2CC[C@]2(C)C(=O)CC[C@@H]12. The van der Waals surface area contributed by atoms with Crippen LogP contribution in [0.2, 0.25) is 0 Å². The van der Waals surface area contributed by atoms with Gasteiger partial charge in [0.05, 0.1) is 12.2 Å². The highest BCUT2D eigenvalue weighted by Gasteiger charge is 2.64. The number of ether oxygens (including phenoxy) is 1. The van der Waals surface area contributed by atoms with E-state index < -0.39 is 0 Å². The van der Waals surface area contributed by atoms with Gasteiger partial charge in [-0.25, -0.2) is 0 Å². The zero-order valence-electron chi connectivity index (χ0n) is 13.4.